The number of fused-ring (bicyclic) bond motifs is 1. The van der Waals surface area contributed by atoms with Gasteiger partial charge in [0, 0.05) is 17.5 Å². The van der Waals surface area contributed by atoms with Crippen molar-refractivity contribution in [3.05, 3.63) is 33.9 Å². The highest BCUT2D eigenvalue weighted by Gasteiger charge is 2.49. The number of carbonyl (C=O) groups excluding carboxylic acids is 1. The molecule has 2 heterocycles. The maximum atomic E-state index is 12.6. The SMILES string of the molecule is COc1c(C)c2c(c(O[C@@H]3OC(C(=O)O)[C@@H](O)C(O)[C@@H]3O)c1CC=C(C)CCC(=O)O)C(=O)OC2. The van der Waals surface area contributed by atoms with E-state index in [1.54, 1.807) is 19.9 Å². The highest BCUT2D eigenvalue weighted by molar-refractivity contribution is 5.98. The zero-order chi connectivity index (χ0) is 26.0. The van der Waals surface area contributed by atoms with Gasteiger partial charge in [-0.15, -0.1) is 0 Å². The number of methoxy groups -OCH3 is 1. The minimum atomic E-state index is -1.91. The van der Waals surface area contributed by atoms with Crippen LogP contribution in [0.2, 0.25) is 0 Å². The molecule has 0 aromatic heterocycles. The van der Waals surface area contributed by atoms with E-state index in [0.717, 1.165) is 5.57 Å². The molecule has 0 amide bonds. The van der Waals surface area contributed by atoms with Crippen LogP contribution < -0.4 is 9.47 Å². The van der Waals surface area contributed by atoms with E-state index in [9.17, 15) is 34.8 Å². The van der Waals surface area contributed by atoms with Crippen LogP contribution in [0.25, 0.3) is 0 Å². The Morgan fingerprint density at radius 3 is 2.37 bits per heavy atom. The molecule has 0 radical (unpaired) electrons. The van der Waals surface area contributed by atoms with Crippen LogP contribution in [0.5, 0.6) is 11.5 Å². The van der Waals surface area contributed by atoms with Crippen LogP contribution in [0.4, 0.5) is 0 Å². The van der Waals surface area contributed by atoms with Crippen molar-refractivity contribution in [1.29, 1.82) is 0 Å². The van der Waals surface area contributed by atoms with Gasteiger partial charge in [-0.05, 0) is 32.3 Å². The number of ether oxygens (including phenoxy) is 4. The van der Waals surface area contributed by atoms with E-state index in [4.69, 9.17) is 24.1 Å². The lowest BCUT2D eigenvalue weighted by Crippen LogP contribution is -2.61. The van der Waals surface area contributed by atoms with Crippen LogP contribution in [0, 0.1) is 6.92 Å². The Hall–Kier alpha value is -3.19. The van der Waals surface area contributed by atoms with Crippen molar-refractivity contribution in [1.82, 2.24) is 0 Å². The maximum absolute atomic E-state index is 12.6. The third-order valence-electron chi connectivity index (χ3n) is 6.06. The standard InChI is InChI=1S/C23H28O12/c1-9(5-7-13(24)25)4-6-11-18(32-3)10(2)12-8-33-22(31)14(12)19(11)34-23-17(28)15(26)16(27)20(35-23)21(29)30/h4,15-17,20,23,26-28H,5-8H2,1-3H3,(H,24,25)(H,29,30)/t15?,16-,17-,20?,23+/m0/s1. The Morgan fingerprint density at radius 2 is 1.77 bits per heavy atom. The molecule has 2 aliphatic rings. The van der Waals surface area contributed by atoms with E-state index in [1.807, 2.05) is 0 Å². The summed E-state index contributed by atoms with van der Waals surface area (Å²) in [5.41, 5.74) is 2.22. The molecular weight excluding hydrogens is 468 g/mol. The molecule has 0 spiro atoms. The molecular formula is C23H28O12. The second-order valence-corrected chi connectivity index (χ2v) is 8.40. The molecule has 1 saturated heterocycles. The first kappa shape index (κ1) is 26.4. The second-order valence-electron chi connectivity index (χ2n) is 8.40. The number of aliphatic hydroxyl groups is 3. The average molecular weight is 496 g/mol. The Kier molecular flexibility index (Phi) is 8.00. The van der Waals surface area contributed by atoms with Crippen molar-refractivity contribution >= 4 is 17.9 Å². The zero-order valence-corrected chi connectivity index (χ0v) is 19.4. The Balaban J connectivity index is 2.07. The highest BCUT2D eigenvalue weighted by atomic mass is 16.7. The van der Waals surface area contributed by atoms with Gasteiger partial charge in [0.2, 0.25) is 6.29 Å². The highest BCUT2D eigenvalue weighted by Crippen LogP contribution is 2.44. The molecule has 2 unspecified atom stereocenters. The average Bonchev–Trinajstić information content (AvgIpc) is 3.19. The number of aliphatic carboxylic acids is 2. The number of hydrogen-bond donors (Lipinski definition) is 5. The van der Waals surface area contributed by atoms with Gasteiger partial charge in [0.1, 0.15) is 42.0 Å². The van der Waals surface area contributed by atoms with Crippen LogP contribution in [-0.4, -0.2) is 81.3 Å². The molecule has 0 aliphatic carbocycles. The maximum Gasteiger partial charge on any atom is 0.342 e. The number of rotatable bonds is 9. The topological polar surface area (TPSA) is 189 Å². The number of allylic oxidation sites excluding steroid dienone is 2. The first-order valence-electron chi connectivity index (χ1n) is 10.8. The third-order valence-corrected chi connectivity index (χ3v) is 6.06. The Bertz CT molecular complexity index is 1050. The van der Waals surface area contributed by atoms with Gasteiger partial charge in [-0.3, -0.25) is 4.79 Å². The van der Waals surface area contributed by atoms with Crippen LogP contribution in [0.3, 0.4) is 0 Å². The van der Waals surface area contributed by atoms with Crippen molar-refractivity contribution in [3.63, 3.8) is 0 Å². The lowest BCUT2D eigenvalue weighted by Gasteiger charge is -2.39. The Morgan fingerprint density at radius 1 is 1.09 bits per heavy atom. The number of carboxylic acids is 2. The summed E-state index contributed by atoms with van der Waals surface area (Å²) in [7, 11) is 1.41. The summed E-state index contributed by atoms with van der Waals surface area (Å²) in [5, 5.41) is 48.8. The summed E-state index contributed by atoms with van der Waals surface area (Å²) < 4.78 is 21.8. The van der Waals surface area contributed by atoms with Crippen LogP contribution in [0.15, 0.2) is 11.6 Å². The summed E-state index contributed by atoms with van der Waals surface area (Å²) in [6.45, 7) is 3.40. The Labute approximate surface area is 200 Å². The van der Waals surface area contributed by atoms with E-state index in [-0.39, 0.29) is 37.2 Å². The number of cyclic esters (lactones) is 1. The van der Waals surface area contributed by atoms with Gasteiger partial charge in [-0.1, -0.05) is 11.6 Å². The number of hydrogen-bond acceptors (Lipinski definition) is 10. The van der Waals surface area contributed by atoms with E-state index >= 15 is 0 Å². The number of benzene rings is 1. The molecule has 12 nitrogen and oxygen atoms in total. The number of carboxylic acid groups (broad SMARTS) is 2. The minimum Gasteiger partial charge on any atom is -0.496 e. The molecule has 1 fully saturated rings. The van der Waals surface area contributed by atoms with Gasteiger partial charge in [0.15, 0.2) is 6.10 Å². The van der Waals surface area contributed by atoms with Crippen molar-refractivity contribution in [2.45, 2.75) is 70.4 Å². The fourth-order valence-electron chi connectivity index (χ4n) is 4.09. The summed E-state index contributed by atoms with van der Waals surface area (Å²) in [6.07, 6.45) is -7.23. The summed E-state index contributed by atoms with van der Waals surface area (Å²) in [4.78, 5) is 35.0. The first-order chi connectivity index (χ1) is 16.5. The molecule has 35 heavy (non-hydrogen) atoms. The fourth-order valence-corrected chi connectivity index (χ4v) is 4.09. The normalized spacial score (nSPS) is 26.2. The molecule has 0 saturated carbocycles. The summed E-state index contributed by atoms with van der Waals surface area (Å²) in [6, 6.07) is 0. The first-order valence-corrected chi connectivity index (χ1v) is 10.8. The van der Waals surface area contributed by atoms with E-state index < -0.39 is 48.6 Å². The number of carbonyl (C=O) groups is 3. The van der Waals surface area contributed by atoms with E-state index in [2.05, 4.69) is 0 Å². The molecule has 1 aromatic rings. The smallest absolute Gasteiger partial charge is 0.342 e. The van der Waals surface area contributed by atoms with Crippen molar-refractivity contribution in [2.24, 2.45) is 0 Å². The van der Waals surface area contributed by atoms with Crippen molar-refractivity contribution in [3.8, 4) is 11.5 Å². The molecule has 1 aromatic carbocycles. The van der Waals surface area contributed by atoms with Crippen LogP contribution >= 0.6 is 0 Å². The van der Waals surface area contributed by atoms with Crippen molar-refractivity contribution < 1.29 is 58.9 Å². The minimum absolute atomic E-state index is 0.0400. The quantitative estimate of drug-likeness (QED) is 0.233. The van der Waals surface area contributed by atoms with E-state index in [0.29, 0.717) is 22.4 Å². The van der Waals surface area contributed by atoms with Gasteiger partial charge in [0.05, 0.1) is 7.11 Å². The summed E-state index contributed by atoms with van der Waals surface area (Å²) >= 11 is 0. The van der Waals surface area contributed by atoms with Gasteiger partial charge in [-0.25, -0.2) is 9.59 Å². The van der Waals surface area contributed by atoms with Gasteiger partial charge < -0.3 is 44.5 Å². The largest absolute Gasteiger partial charge is 0.496 e. The van der Waals surface area contributed by atoms with Crippen LogP contribution in [0.1, 0.15) is 46.8 Å². The molecule has 0 bridgehead atoms. The molecule has 2 aliphatic heterocycles. The molecule has 3 rings (SSSR count). The predicted octanol–water partition coefficient (Wildman–Crippen LogP) is 0.299. The zero-order valence-electron chi connectivity index (χ0n) is 19.4. The van der Waals surface area contributed by atoms with Gasteiger partial charge in [0.25, 0.3) is 0 Å². The van der Waals surface area contributed by atoms with Gasteiger partial charge >= 0.3 is 17.9 Å². The lowest BCUT2D eigenvalue weighted by molar-refractivity contribution is -0.271. The fraction of sp³-hybridized carbons (Fsp3) is 0.522. The van der Waals surface area contributed by atoms with Crippen molar-refractivity contribution in [2.75, 3.05) is 7.11 Å². The predicted molar refractivity (Wildman–Crippen MR) is 116 cm³/mol. The van der Waals surface area contributed by atoms with Crippen LogP contribution in [-0.2, 0) is 32.1 Å². The molecule has 5 N–H and O–H groups in total. The summed E-state index contributed by atoms with van der Waals surface area (Å²) in [5.74, 6) is -2.99. The van der Waals surface area contributed by atoms with Gasteiger partial charge in [-0.2, -0.15) is 0 Å². The number of esters is 1. The van der Waals surface area contributed by atoms with E-state index in [1.165, 1.54) is 7.11 Å². The molecule has 12 heteroatoms. The second kappa shape index (κ2) is 10.6. The molecule has 5 atom stereocenters. The lowest BCUT2D eigenvalue weighted by atomic mass is 9.94. The molecule has 192 valence electrons. The number of aliphatic hydroxyl groups excluding tert-OH is 3. The third kappa shape index (κ3) is 5.25. The monoisotopic (exact) mass is 496 g/mol.